The van der Waals surface area contributed by atoms with E-state index >= 15 is 0 Å². The van der Waals surface area contributed by atoms with Gasteiger partial charge in [0.25, 0.3) is 0 Å². The van der Waals surface area contributed by atoms with Crippen LogP contribution in [0.4, 0.5) is 5.69 Å². The molecule has 4 rings (SSSR count). The minimum Gasteiger partial charge on any atom is -0.465 e. The Morgan fingerprint density at radius 1 is 1.21 bits per heavy atom. The van der Waals surface area contributed by atoms with Crippen molar-refractivity contribution >= 4 is 23.3 Å². The SMILES string of the molecule is COC(=O)c1ccc([C@H]2Nc3c(Cl)cccc3C3C=CCC32)cc1. The summed E-state index contributed by atoms with van der Waals surface area (Å²) >= 11 is 6.42. The maximum absolute atomic E-state index is 11.6. The van der Waals surface area contributed by atoms with Crippen LogP contribution >= 0.6 is 11.6 Å². The second-order valence-corrected chi connectivity index (χ2v) is 6.70. The van der Waals surface area contributed by atoms with Crippen molar-refractivity contribution in [1.82, 2.24) is 0 Å². The molecule has 0 saturated carbocycles. The van der Waals surface area contributed by atoms with Crippen LogP contribution in [0.2, 0.25) is 5.02 Å². The predicted octanol–water partition coefficient (Wildman–Crippen LogP) is 4.95. The smallest absolute Gasteiger partial charge is 0.337 e. The van der Waals surface area contributed by atoms with E-state index in [1.54, 1.807) is 0 Å². The molecule has 24 heavy (non-hydrogen) atoms. The lowest BCUT2D eigenvalue weighted by Gasteiger charge is -2.38. The molecule has 0 amide bonds. The zero-order valence-electron chi connectivity index (χ0n) is 13.3. The number of fused-ring (bicyclic) bond motifs is 3. The summed E-state index contributed by atoms with van der Waals surface area (Å²) in [6.45, 7) is 0. The molecule has 122 valence electrons. The number of hydrogen-bond acceptors (Lipinski definition) is 3. The Morgan fingerprint density at radius 2 is 2.00 bits per heavy atom. The average molecular weight is 340 g/mol. The second-order valence-electron chi connectivity index (χ2n) is 6.29. The van der Waals surface area contributed by atoms with Crippen LogP contribution in [0.5, 0.6) is 0 Å². The molecule has 2 aliphatic rings. The molecule has 3 nitrogen and oxygen atoms in total. The summed E-state index contributed by atoms with van der Waals surface area (Å²) in [5.74, 6) is 0.525. The van der Waals surface area contributed by atoms with Crippen molar-refractivity contribution in [2.75, 3.05) is 12.4 Å². The third kappa shape index (κ3) is 2.40. The topological polar surface area (TPSA) is 38.3 Å². The number of carbonyl (C=O) groups is 1. The first-order chi connectivity index (χ1) is 11.7. The number of esters is 1. The van der Waals surface area contributed by atoms with Crippen LogP contribution in [0.3, 0.4) is 0 Å². The monoisotopic (exact) mass is 339 g/mol. The molecule has 2 aromatic rings. The molecular formula is C20H18ClNO2. The molecule has 4 heteroatoms. The lowest BCUT2D eigenvalue weighted by Crippen LogP contribution is -2.29. The van der Waals surface area contributed by atoms with Gasteiger partial charge in [-0.05, 0) is 41.7 Å². The third-order valence-electron chi connectivity index (χ3n) is 5.04. The van der Waals surface area contributed by atoms with Crippen molar-refractivity contribution < 1.29 is 9.53 Å². The van der Waals surface area contributed by atoms with Gasteiger partial charge in [-0.15, -0.1) is 0 Å². The number of nitrogens with one attached hydrogen (secondary N) is 1. The Kier molecular flexibility index (Phi) is 3.81. The molecule has 1 heterocycles. The van der Waals surface area contributed by atoms with Gasteiger partial charge in [-0.1, -0.05) is 48.0 Å². The summed E-state index contributed by atoms with van der Waals surface area (Å²) in [5, 5.41) is 4.38. The summed E-state index contributed by atoms with van der Waals surface area (Å²) in [7, 11) is 1.40. The fourth-order valence-electron chi connectivity index (χ4n) is 3.86. The van der Waals surface area contributed by atoms with E-state index in [1.165, 1.54) is 12.7 Å². The number of hydrogen-bond donors (Lipinski definition) is 1. The van der Waals surface area contributed by atoms with Gasteiger partial charge in [0.05, 0.1) is 29.4 Å². The van der Waals surface area contributed by atoms with Crippen LogP contribution in [-0.2, 0) is 4.74 Å². The van der Waals surface area contributed by atoms with Crippen molar-refractivity contribution in [3.63, 3.8) is 0 Å². The number of rotatable bonds is 2. The van der Waals surface area contributed by atoms with Crippen molar-refractivity contribution in [3.8, 4) is 0 Å². The van der Waals surface area contributed by atoms with E-state index in [0.717, 1.165) is 22.7 Å². The van der Waals surface area contributed by atoms with E-state index in [-0.39, 0.29) is 12.0 Å². The van der Waals surface area contributed by atoms with Crippen molar-refractivity contribution in [2.45, 2.75) is 18.4 Å². The molecule has 1 N–H and O–H groups in total. The molecule has 2 aromatic carbocycles. The second kappa shape index (κ2) is 5.99. The summed E-state index contributed by atoms with van der Waals surface area (Å²) < 4.78 is 4.77. The van der Waals surface area contributed by atoms with Crippen LogP contribution < -0.4 is 5.32 Å². The van der Waals surface area contributed by atoms with E-state index in [1.807, 2.05) is 36.4 Å². The number of para-hydroxylation sites is 1. The molecule has 2 unspecified atom stereocenters. The standard InChI is InChI=1S/C20H18ClNO2/c1-24-20(23)13-10-8-12(9-11-13)18-15-5-2-4-14(15)16-6-3-7-17(21)19(16)22-18/h2-4,6-11,14-15,18,22H,5H2,1H3/t14?,15?,18-/m1/s1. The number of ether oxygens (including phenoxy) is 1. The van der Waals surface area contributed by atoms with Crippen LogP contribution in [0, 0.1) is 5.92 Å². The lowest BCUT2D eigenvalue weighted by molar-refractivity contribution is 0.0600. The third-order valence-corrected chi connectivity index (χ3v) is 5.35. The maximum Gasteiger partial charge on any atom is 0.337 e. The highest BCUT2D eigenvalue weighted by Gasteiger charge is 2.38. The summed E-state index contributed by atoms with van der Waals surface area (Å²) in [6.07, 6.45) is 5.58. The molecule has 1 aliphatic heterocycles. The lowest BCUT2D eigenvalue weighted by atomic mass is 9.77. The minimum absolute atomic E-state index is 0.170. The number of anilines is 1. The van der Waals surface area contributed by atoms with Gasteiger partial charge in [-0.3, -0.25) is 0 Å². The van der Waals surface area contributed by atoms with Gasteiger partial charge in [0.2, 0.25) is 0 Å². The highest BCUT2D eigenvalue weighted by Crippen LogP contribution is 2.51. The molecule has 0 spiro atoms. The van der Waals surface area contributed by atoms with E-state index in [0.29, 0.717) is 17.4 Å². The Hall–Kier alpha value is -2.26. The fraction of sp³-hybridized carbons (Fsp3) is 0.250. The van der Waals surface area contributed by atoms with E-state index in [4.69, 9.17) is 16.3 Å². The predicted molar refractivity (Wildman–Crippen MR) is 95.6 cm³/mol. The van der Waals surface area contributed by atoms with Crippen molar-refractivity contribution in [3.05, 3.63) is 76.3 Å². The Balaban J connectivity index is 1.71. The van der Waals surface area contributed by atoms with Gasteiger partial charge < -0.3 is 10.1 Å². The summed E-state index contributed by atoms with van der Waals surface area (Å²) in [5.41, 5.74) is 4.02. The zero-order valence-corrected chi connectivity index (χ0v) is 14.1. The molecule has 0 bridgehead atoms. The van der Waals surface area contributed by atoms with Gasteiger partial charge in [-0.25, -0.2) is 4.79 Å². The van der Waals surface area contributed by atoms with Crippen LogP contribution in [0.1, 0.15) is 39.9 Å². The number of benzene rings is 2. The van der Waals surface area contributed by atoms with Crippen molar-refractivity contribution in [2.24, 2.45) is 5.92 Å². The highest BCUT2D eigenvalue weighted by atomic mass is 35.5. The van der Waals surface area contributed by atoms with E-state index < -0.39 is 0 Å². The molecule has 0 radical (unpaired) electrons. The zero-order chi connectivity index (χ0) is 16.7. The normalized spacial score (nSPS) is 24.0. The van der Waals surface area contributed by atoms with Gasteiger partial charge in [0.15, 0.2) is 0 Å². The van der Waals surface area contributed by atoms with Crippen molar-refractivity contribution in [1.29, 1.82) is 0 Å². The Bertz CT molecular complexity index is 813. The molecular weight excluding hydrogens is 322 g/mol. The molecule has 1 aliphatic carbocycles. The van der Waals surface area contributed by atoms with E-state index in [9.17, 15) is 4.79 Å². The minimum atomic E-state index is -0.313. The first kappa shape index (κ1) is 15.3. The first-order valence-electron chi connectivity index (χ1n) is 8.09. The first-order valence-corrected chi connectivity index (χ1v) is 8.46. The Labute approximate surface area is 146 Å². The fourth-order valence-corrected chi connectivity index (χ4v) is 4.09. The van der Waals surface area contributed by atoms with Crippen LogP contribution in [0.15, 0.2) is 54.6 Å². The average Bonchev–Trinajstić information content (AvgIpc) is 3.11. The largest absolute Gasteiger partial charge is 0.465 e. The van der Waals surface area contributed by atoms with Gasteiger partial charge in [0.1, 0.15) is 0 Å². The van der Waals surface area contributed by atoms with Gasteiger partial charge in [-0.2, -0.15) is 0 Å². The van der Waals surface area contributed by atoms with Crippen LogP contribution in [-0.4, -0.2) is 13.1 Å². The summed E-state index contributed by atoms with van der Waals surface area (Å²) in [6, 6.07) is 13.9. The maximum atomic E-state index is 11.6. The molecule has 3 atom stereocenters. The number of halogens is 1. The molecule has 0 aromatic heterocycles. The number of methoxy groups -OCH3 is 1. The van der Waals surface area contributed by atoms with Gasteiger partial charge >= 0.3 is 5.97 Å². The highest BCUT2D eigenvalue weighted by molar-refractivity contribution is 6.33. The quantitative estimate of drug-likeness (QED) is 0.621. The van der Waals surface area contributed by atoms with Gasteiger partial charge in [0, 0.05) is 5.92 Å². The van der Waals surface area contributed by atoms with Crippen LogP contribution in [0.25, 0.3) is 0 Å². The number of carbonyl (C=O) groups excluding carboxylic acids is 1. The molecule has 0 saturated heterocycles. The molecule has 0 fully saturated rings. The Morgan fingerprint density at radius 3 is 2.75 bits per heavy atom. The summed E-state index contributed by atoms with van der Waals surface area (Å²) in [4.78, 5) is 11.6. The number of allylic oxidation sites excluding steroid dienone is 2. The van der Waals surface area contributed by atoms with E-state index in [2.05, 4.69) is 23.5 Å².